The first-order valence-corrected chi connectivity index (χ1v) is 16.4. The number of terminal acetylenes is 2. The van der Waals surface area contributed by atoms with E-state index in [1.165, 1.54) is 0 Å². The Labute approximate surface area is 418 Å². The van der Waals surface area contributed by atoms with Crippen LogP contribution in [0.3, 0.4) is 0 Å². The molecule has 0 saturated carbocycles. The second kappa shape index (κ2) is 23.2. The van der Waals surface area contributed by atoms with Crippen molar-refractivity contribution in [2.24, 2.45) is 0 Å². The summed E-state index contributed by atoms with van der Waals surface area (Å²) in [7, 11) is 0. The molecular weight excluding hydrogens is 787 g/mol. The van der Waals surface area contributed by atoms with E-state index in [0.29, 0.717) is 11.6 Å². The second-order valence-corrected chi connectivity index (χ2v) is 11.0. The van der Waals surface area contributed by atoms with Gasteiger partial charge < -0.3 is 11.6 Å². The first-order chi connectivity index (χ1) is 27.6. The molecule has 0 amide bonds. The fourth-order valence-electron chi connectivity index (χ4n) is 5.02. The van der Waals surface area contributed by atoms with Crippen LogP contribution >= 0.6 is 0 Å². The monoisotopic (exact) mass is 814 g/mol. The van der Waals surface area contributed by atoms with E-state index in [4.69, 9.17) is 22.9 Å². The number of aromatic nitrogens is 12. The number of hydrogen-bond acceptors (Lipinski definition) is 12. The minimum Gasteiger partial charge on any atom is -1.00 e. The Morgan fingerprint density at radius 3 is 1.19 bits per heavy atom. The average molecular weight is 815 g/mol. The van der Waals surface area contributed by atoms with Crippen LogP contribution < -0.4 is 108 Å². The van der Waals surface area contributed by atoms with Crippen LogP contribution in [-0.4, -0.2) is 65.2 Å². The van der Waals surface area contributed by atoms with Crippen LogP contribution in [0.2, 0.25) is 0 Å². The molecule has 0 aliphatic rings. The zero-order valence-corrected chi connectivity index (χ0v) is 37.7. The fourth-order valence-corrected chi connectivity index (χ4v) is 5.02. The molecule has 0 aromatic carbocycles. The number of hydrogen-bond donors (Lipinski definition) is 0. The molecular formula is C41H28K2N12O3. The number of nitrogens with zero attached hydrogens (tertiary/aromatic N) is 12. The van der Waals surface area contributed by atoms with Crippen molar-refractivity contribution >= 4 is 23.4 Å². The van der Waals surface area contributed by atoms with Gasteiger partial charge >= 0.3 is 103 Å². The van der Waals surface area contributed by atoms with Crippen LogP contribution in [0.25, 0.3) is 51.5 Å². The molecule has 0 aliphatic heterocycles. The van der Waals surface area contributed by atoms with Gasteiger partial charge in [-0.2, -0.15) is 0 Å². The topological polar surface area (TPSA) is 179 Å². The summed E-state index contributed by atoms with van der Waals surface area (Å²) in [5.74, 6) is 13.0. The Balaban J connectivity index is 0.000000221. The van der Waals surface area contributed by atoms with E-state index in [-0.39, 0.29) is 111 Å². The van der Waals surface area contributed by atoms with Gasteiger partial charge in [-0.25, -0.2) is 0 Å². The van der Waals surface area contributed by atoms with Crippen LogP contribution in [-0.2, 0) is 9.68 Å². The molecule has 9 rings (SSSR count). The van der Waals surface area contributed by atoms with E-state index in [2.05, 4.69) is 74.1 Å². The molecule has 0 spiro atoms. The van der Waals surface area contributed by atoms with Crippen LogP contribution in [0, 0.1) is 36.5 Å². The molecule has 0 radical (unpaired) electrons. The van der Waals surface area contributed by atoms with Gasteiger partial charge in [-0.3, -0.25) is 32.9 Å². The maximum absolute atomic E-state index is 8.64. The van der Waals surface area contributed by atoms with Gasteiger partial charge in [0.2, 0.25) is 0 Å². The van der Waals surface area contributed by atoms with E-state index in [9.17, 15) is 0 Å². The van der Waals surface area contributed by atoms with Gasteiger partial charge in [-0.15, -0.1) is 49.4 Å². The van der Waals surface area contributed by atoms with Gasteiger partial charge in [0.15, 0.2) is 34.4 Å². The van der Waals surface area contributed by atoms with E-state index in [1.807, 2.05) is 123 Å². The van der Waals surface area contributed by atoms with Crippen molar-refractivity contribution in [1.82, 2.24) is 58.7 Å². The summed E-state index contributed by atoms with van der Waals surface area (Å²) in [4.78, 5) is 24.2. The van der Waals surface area contributed by atoms with Crippen LogP contribution in [0.15, 0.2) is 128 Å². The molecule has 0 N–H and O–H groups in total. The molecule has 9 aromatic rings. The van der Waals surface area contributed by atoms with Gasteiger partial charge in [-0.1, -0.05) is 36.0 Å². The van der Waals surface area contributed by atoms with Crippen molar-refractivity contribution in [2.75, 3.05) is 0 Å². The SMILES string of the molecule is C#Cc1ccc(-c2nnc3ccccn23)nc1.C#Cc1ccc(-c2nnc3ccccn23)nc1.CC#Cc1ccc(-c2nnc3ccccn23)nc1.O=CO[O-].[H-].[K+].[K+]. The molecule has 0 fully saturated rings. The van der Waals surface area contributed by atoms with Crippen molar-refractivity contribution in [3.8, 4) is 71.1 Å². The van der Waals surface area contributed by atoms with Gasteiger partial charge in [0.1, 0.15) is 17.1 Å². The second-order valence-electron chi connectivity index (χ2n) is 11.0. The van der Waals surface area contributed by atoms with E-state index >= 15 is 0 Å². The zero-order chi connectivity index (χ0) is 39.1. The number of pyridine rings is 6. The minimum atomic E-state index is -0.181. The number of carbonyl (C=O) groups is 1. The van der Waals surface area contributed by atoms with Gasteiger partial charge in [0.05, 0.1) is 0 Å². The first-order valence-electron chi connectivity index (χ1n) is 16.4. The minimum absolute atomic E-state index is 0. The summed E-state index contributed by atoms with van der Waals surface area (Å²) in [6.07, 6.45) is 21.4. The third-order valence-corrected chi connectivity index (χ3v) is 7.56. The summed E-state index contributed by atoms with van der Waals surface area (Å²) < 4.78 is 5.68. The largest absolute Gasteiger partial charge is 1.00 e. The van der Waals surface area contributed by atoms with Gasteiger partial charge in [0.25, 0.3) is 6.47 Å². The predicted molar refractivity (Wildman–Crippen MR) is 205 cm³/mol. The van der Waals surface area contributed by atoms with E-state index < -0.39 is 0 Å². The summed E-state index contributed by atoms with van der Waals surface area (Å²) in [5.41, 5.74) is 7.10. The Bertz CT molecular complexity index is 2750. The maximum Gasteiger partial charge on any atom is 1.00 e. The Morgan fingerprint density at radius 2 is 0.914 bits per heavy atom. The number of carbonyl (C=O) groups excluding carboxylic acids is 1. The first kappa shape index (κ1) is 45.4. The Kier molecular flexibility index (Phi) is 18.1. The predicted octanol–water partition coefficient (Wildman–Crippen LogP) is -1.74. The van der Waals surface area contributed by atoms with Crippen molar-refractivity contribution in [2.45, 2.75) is 6.92 Å². The molecule has 0 unspecified atom stereocenters. The third kappa shape index (κ3) is 11.4. The van der Waals surface area contributed by atoms with E-state index in [0.717, 1.165) is 56.5 Å². The molecule has 15 nitrogen and oxygen atoms in total. The van der Waals surface area contributed by atoms with Gasteiger partial charge in [0, 0.05) is 53.9 Å². The molecule has 0 bridgehead atoms. The molecule has 0 aliphatic carbocycles. The molecule has 58 heavy (non-hydrogen) atoms. The smallest absolute Gasteiger partial charge is 1.00 e. The molecule has 0 atom stereocenters. The van der Waals surface area contributed by atoms with Gasteiger partial charge in [-0.05, 0) is 79.7 Å². The normalized spacial score (nSPS) is 9.52. The molecule has 17 heteroatoms. The van der Waals surface area contributed by atoms with Crippen LogP contribution in [0.1, 0.15) is 25.0 Å². The quantitative estimate of drug-likeness (QED) is 0.0646. The molecule has 9 aromatic heterocycles. The van der Waals surface area contributed by atoms with Crippen LogP contribution in [0.4, 0.5) is 0 Å². The molecule has 272 valence electrons. The van der Waals surface area contributed by atoms with Crippen LogP contribution in [0.5, 0.6) is 0 Å². The Morgan fingerprint density at radius 1 is 0.569 bits per heavy atom. The Hall–Kier alpha value is -5.31. The van der Waals surface area contributed by atoms with Crippen molar-refractivity contribution < 1.29 is 119 Å². The summed E-state index contributed by atoms with van der Waals surface area (Å²) in [6, 6.07) is 28.5. The third-order valence-electron chi connectivity index (χ3n) is 7.56. The maximum atomic E-state index is 8.64. The van der Waals surface area contributed by atoms with Crippen molar-refractivity contribution in [3.05, 3.63) is 145 Å². The fraction of sp³-hybridized carbons (Fsp3) is 0.0244. The molecule has 9 heterocycles. The molecule has 0 saturated heterocycles. The average Bonchev–Trinajstić information content (AvgIpc) is 4.02. The number of rotatable bonds is 4. The standard InChI is InChI=1S/C14H10N4.2C13H8N4.CH2O3.2K.H/c1-2-5-11-7-8-12(15-10-11)14-17-16-13-6-3-4-9-18(13)14;2*1-2-10-6-7-11(14-9-10)13-16-15-12-5-3-4-8-17(12)13;2-1-4-3;;;/h3-4,6-10H,1H3;2*1,3-9H;1,3H;;;/q;;;;2*+1;-1/p-1. The summed E-state index contributed by atoms with van der Waals surface area (Å²) in [6.45, 7) is 1.62. The zero-order valence-electron chi connectivity index (χ0n) is 32.4. The van der Waals surface area contributed by atoms with Crippen molar-refractivity contribution in [3.63, 3.8) is 0 Å². The van der Waals surface area contributed by atoms with Crippen molar-refractivity contribution in [1.29, 1.82) is 0 Å². The summed E-state index contributed by atoms with van der Waals surface area (Å²) in [5, 5.41) is 33.1. The van der Waals surface area contributed by atoms with E-state index in [1.54, 1.807) is 25.5 Å². The number of fused-ring (bicyclic) bond motifs is 3. The summed E-state index contributed by atoms with van der Waals surface area (Å²) >= 11 is 0.